The number of amides is 1. The van der Waals surface area contributed by atoms with Gasteiger partial charge in [-0.2, -0.15) is 0 Å². The molecule has 0 bridgehead atoms. The number of carbonyl (C=O) groups excluding carboxylic acids is 1. The smallest absolute Gasteiger partial charge is 0.227 e. The number of hydrogen-bond donors (Lipinski definition) is 1. The van der Waals surface area contributed by atoms with Gasteiger partial charge in [-0.3, -0.25) is 4.79 Å². The van der Waals surface area contributed by atoms with Crippen LogP contribution in [0.2, 0.25) is 5.02 Å². The third-order valence-corrected chi connectivity index (χ3v) is 4.07. The Morgan fingerprint density at radius 2 is 2.10 bits per heavy atom. The summed E-state index contributed by atoms with van der Waals surface area (Å²) in [5.74, 6) is 0.0266. The van der Waals surface area contributed by atoms with Crippen molar-refractivity contribution >= 4 is 17.5 Å². The zero-order valence-electron chi connectivity index (χ0n) is 11.5. The van der Waals surface area contributed by atoms with Gasteiger partial charge in [0.2, 0.25) is 5.91 Å². The van der Waals surface area contributed by atoms with Crippen LogP contribution in [0.1, 0.15) is 37.3 Å². The van der Waals surface area contributed by atoms with E-state index >= 15 is 0 Å². The Balaban J connectivity index is 2.29. The zero-order chi connectivity index (χ0) is 14.5. The number of benzene rings is 1. The standard InChI is InChI=1S/C16H20ClNO2/c1-2-4-16(20)18-14(11-19)5-3-6-15(18)12-7-9-13(17)10-8-12/h2,7-10,14-15,19H,1,3-6,11H2/t14-,15+/m1/s1. The van der Waals surface area contributed by atoms with Crippen molar-refractivity contribution in [2.75, 3.05) is 6.61 Å². The van der Waals surface area contributed by atoms with E-state index in [9.17, 15) is 9.90 Å². The number of carbonyl (C=O) groups is 1. The highest BCUT2D eigenvalue weighted by atomic mass is 35.5. The molecule has 1 aromatic carbocycles. The Morgan fingerprint density at radius 1 is 1.40 bits per heavy atom. The fraction of sp³-hybridized carbons (Fsp3) is 0.438. The second kappa shape index (κ2) is 6.91. The fourth-order valence-corrected chi connectivity index (χ4v) is 3.00. The maximum Gasteiger partial charge on any atom is 0.227 e. The van der Waals surface area contributed by atoms with Gasteiger partial charge < -0.3 is 10.0 Å². The predicted molar refractivity (Wildman–Crippen MR) is 80.6 cm³/mol. The maximum atomic E-state index is 12.3. The zero-order valence-corrected chi connectivity index (χ0v) is 12.2. The number of likely N-dealkylation sites (tertiary alicyclic amines) is 1. The van der Waals surface area contributed by atoms with E-state index in [1.807, 2.05) is 29.2 Å². The summed E-state index contributed by atoms with van der Waals surface area (Å²) in [6.45, 7) is 3.64. The molecule has 2 rings (SSSR count). The number of rotatable bonds is 4. The van der Waals surface area contributed by atoms with E-state index in [4.69, 9.17) is 11.6 Å². The maximum absolute atomic E-state index is 12.3. The molecule has 1 fully saturated rings. The van der Waals surface area contributed by atoms with Crippen LogP contribution >= 0.6 is 11.6 Å². The van der Waals surface area contributed by atoms with Crippen LogP contribution in [0.4, 0.5) is 0 Å². The number of halogens is 1. The van der Waals surface area contributed by atoms with Crippen LogP contribution in [0.25, 0.3) is 0 Å². The first-order chi connectivity index (χ1) is 9.67. The number of aliphatic hydroxyl groups excluding tert-OH is 1. The van der Waals surface area contributed by atoms with E-state index in [1.54, 1.807) is 6.08 Å². The first kappa shape index (κ1) is 15.1. The molecule has 1 heterocycles. The lowest BCUT2D eigenvalue weighted by molar-refractivity contribution is -0.139. The van der Waals surface area contributed by atoms with Crippen molar-refractivity contribution < 1.29 is 9.90 Å². The van der Waals surface area contributed by atoms with Crippen molar-refractivity contribution in [1.29, 1.82) is 0 Å². The van der Waals surface area contributed by atoms with Gasteiger partial charge in [-0.1, -0.05) is 29.8 Å². The van der Waals surface area contributed by atoms with Crippen molar-refractivity contribution in [2.24, 2.45) is 0 Å². The summed E-state index contributed by atoms with van der Waals surface area (Å²) >= 11 is 5.92. The minimum absolute atomic E-state index is 0.00692. The lowest BCUT2D eigenvalue weighted by Crippen LogP contribution is -2.47. The van der Waals surface area contributed by atoms with Gasteiger partial charge in [0.25, 0.3) is 0 Å². The highest BCUT2D eigenvalue weighted by molar-refractivity contribution is 6.30. The van der Waals surface area contributed by atoms with E-state index < -0.39 is 0 Å². The molecule has 1 aliphatic heterocycles. The highest BCUT2D eigenvalue weighted by Gasteiger charge is 2.33. The van der Waals surface area contributed by atoms with Crippen molar-refractivity contribution in [2.45, 2.75) is 37.8 Å². The lowest BCUT2D eigenvalue weighted by atomic mass is 9.90. The topological polar surface area (TPSA) is 40.5 Å². The van der Waals surface area contributed by atoms with Crippen molar-refractivity contribution in [3.8, 4) is 0 Å². The fourth-order valence-electron chi connectivity index (χ4n) is 2.88. The van der Waals surface area contributed by atoms with Gasteiger partial charge in [0, 0.05) is 11.4 Å². The molecule has 1 saturated heterocycles. The third kappa shape index (κ3) is 3.22. The molecule has 0 aromatic heterocycles. The quantitative estimate of drug-likeness (QED) is 0.865. The Labute approximate surface area is 124 Å². The summed E-state index contributed by atoms with van der Waals surface area (Å²) in [5.41, 5.74) is 1.07. The number of nitrogens with zero attached hydrogens (tertiary/aromatic N) is 1. The van der Waals surface area contributed by atoms with Gasteiger partial charge in [-0.25, -0.2) is 0 Å². The van der Waals surface area contributed by atoms with E-state index in [0.717, 1.165) is 24.8 Å². The van der Waals surface area contributed by atoms with Gasteiger partial charge in [-0.15, -0.1) is 6.58 Å². The van der Waals surface area contributed by atoms with E-state index in [2.05, 4.69) is 6.58 Å². The molecule has 2 atom stereocenters. The third-order valence-electron chi connectivity index (χ3n) is 3.82. The molecule has 1 aromatic rings. The van der Waals surface area contributed by atoms with Crippen LogP contribution in [0, 0.1) is 0 Å². The average molecular weight is 294 g/mol. The van der Waals surface area contributed by atoms with Gasteiger partial charge >= 0.3 is 0 Å². The molecule has 0 spiro atoms. The van der Waals surface area contributed by atoms with Crippen LogP contribution in [0.15, 0.2) is 36.9 Å². The van der Waals surface area contributed by atoms with Crippen molar-refractivity contribution in [1.82, 2.24) is 4.90 Å². The first-order valence-corrected chi connectivity index (χ1v) is 7.33. The van der Waals surface area contributed by atoms with Gasteiger partial charge in [0.1, 0.15) is 0 Å². The minimum atomic E-state index is -0.100. The number of piperidine rings is 1. The molecule has 4 heteroatoms. The summed E-state index contributed by atoms with van der Waals surface area (Å²) in [5, 5.41) is 10.2. The van der Waals surface area contributed by atoms with E-state index in [0.29, 0.717) is 11.4 Å². The Bertz CT molecular complexity index is 472. The van der Waals surface area contributed by atoms with Crippen LogP contribution in [0.3, 0.4) is 0 Å². The molecular weight excluding hydrogens is 274 g/mol. The highest BCUT2D eigenvalue weighted by Crippen LogP contribution is 2.35. The van der Waals surface area contributed by atoms with Gasteiger partial charge in [-0.05, 0) is 37.0 Å². The summed E-state index contributed by atoms with van der Waals surface area (Å²) < 4.78 is 0. The molecule has 0 aliphatic carbocycles. The number of aliphatic hydroxyl groups is 1. The number of hydrogen-bond acceptors (Lipinski definition) is 2. The Kier molecular flexibility index (Phi) is 5.21. The van der Waals surface area contributed by atoms with Crippen molar-refractivity contribution in [3.05, 3.63) is 47.5 Å². The van der Waals surface area contributed by atoms with Crippen LogP contribution in [0.5, 0.6) is 0 Å². The van der Waals surface area contributed by atoms with Gasteiger partial charge in [0.05, 0.1) is 18.7 Å². The minimum Gasteiger partial charge on any atom is -0.394 e. The monoisotopic (exact) mass is 293 g/mol. The van der Waals surface area contributed by atoms with Crippen LogP contribution < -0.4 is 0 Å². The Morgan fingerprint density at radius 3 is 2.70 bits per heavy atom. The molecule has 20 heavy (non-hydrogen) atoms. The molecule has 0 unspecified atom stereocenters. The largest absolute Gasteiger partial charge is 0.394 e. The summed E-state index contributed by atoms with van der Waals surface area (Å²) in [4.78, 5) is 14.2. The van der Waals surface area contributed by atoms with Crippen molar-refractivity contribution in [3.63, 3.8) is 0 Å². The molecule has 1 aliphatic rings. The molecule has 108 valence electrons. The summed E-state index contributed by atoms with van der Waals surface area (Å²) in [6.07, 6.45) is 4.70. The molecule has 0 radical (unpaired) electrons. The predicted octanol–water partition coefficient (Wildman–Crippen LogP) is 3.33. The Hall–Kier alpha value is -1.32. The second-order valence-electron chi connectivity index (χ2n) is 5.13. The molecule has 1 amide bonds. The summed E-state index contributed by atoms with van der Waals surface area (Å²) in [7, 11) is 0. The molecular formula is C16H20ClNO2. The molecule has 1 N–H and O–H groups in total. The van der Waals surface area contributed by atoms with E-state index in [1.165, 1.54) is 0 Å². The van der Waals surface area contributed by atoms with E-state index in [-0.39, 0.29) is 24.6 Å². The van der Waals surface area contributed by atoms with Crippen LogP contribution in [-0.2, 0) is 4.79 Å². The SMILES string of the molecule is C=CCC(=O)N1[C@@H](CO)CCC[C@H]1c1ccc(Cl)cc1. The second-order valence-corrected chi connectivity index (χ2v) is 5.56. The summed E-state index contributed by atoms with van der Waals surface area (Å²) in [6, 6.07) is 7.52. The molecule has 3 nitrogen and oxygen atoms in total. The first-order valence-electron chi connectivity index (χ1n) is 6.95. The molecule has 0 saturated carbocycles. The van der Waals surface area contributed by atoms with Gasteiger partial charge in [0.15, 0.2) is 0 Å². The normalized spacial score (nSPS) is 22.6. The average Bonchev–Trinajstić information content (AvgIpc) is 2.47. The lowest BCUT2D eigenvalue weighted by Gasteiger charge is -2.42. The van der Waals surface area contributed by atoms with Crippen LogP contribution in [-0.4, -0.2) is 28.6 Å².